The van der Waals surface area contributed by atoms with Crippen molar-refractivity contribution in [2.24, 2.45) is 0 Å². The predicted molar refractivity (Wildman–Crippen MR) is 140 cm³/mol. The Bertz CT molecular complexity index is 1240. The second-order valence-corrected chi connectivity index (χ2v) is 9.36. The van der Waals surface area contributed by atoms with Crippen molar-refractivity contribution < 1.29 is 43.5 Å². The number of non-ortho nitro benzene ring substituents is 2. The summed E-state index contributed by atoms with van der Waals surface area (Å²) in [6.07, 6.45) is -2.09. The molecule has 15 heteroatoms. The van der Waals surface area contributed by atoms with E-state index in [1.807, 2.05) is 0 Å². The molecule has 2 aromatic carbocycles. The zero-order valence-corrected chi connectivity index (χ0v) is 22.2. The van der Waals surface area contributed by atoms with Gasteiger partial charge >= 0.3 is 18.2 Å². The van der Waals surface area contributed by atoms with Crippen LogP contribution in [0, 0.1) is 20.2 Å². The zero-order chi connectivity index (χ0) is 29.9. The Morgan fingerprint density at radius 3 is 2.02 bits per heavy atom. The number of benzene rings is 2. The first kappa shape index (κ1) is 30.7. The number of nitrogens with zero attached hydrogens (tertiary/aromatic N) is 3. The number of likely N-dealkylation sites (tertiary alicyclic amines) is 1. The highest BCUT2D eigenvalue weighted by atomic mass is 16.6. The molecule has 1 heterocycles. The van der Waals surface area contributed by atoms with Crippen LogP contribution in [0.3, 0.4) is 0 Å². The first-order valence-electron chi connectivity index (χ1n) is 12.7. The number of nitrogens with one attached hydrogen (secondary N) is 1. The Hall–Kier alpha value is -4.79. The summed E-state index contributed by atoms with van der Waals surface area (Å²) in [6, 6.07) is 10.7. The maximum atomic E-state index is 12.7. The fourth-order valence-corrected chi connectivity index (χ4v) is 4.26. The minimum absolute atomic E-state index is 0.0508. The summed E-state index contributed by atoms with van der Waals surface area (Å²) >= 11 is 0. The van der Waals surface area contributed by atoms with E-state index in [9.17, 15) is 39.7 Å². The molecule has 1 aliphatic rings. The van der Waals surface area contributed by atoms with Crippen LogP contribution in [0.2, 0.25) is 0 Å². The normalized spacial score (nSPS) is 16.9. The molecule has 3 atom stereocenters. The first-order chi connectivity index (χ1) is 19.5. The van der Waals surface area contributed by atoms with Crippen LogP contribution in [0.5, 0.6) is 0 Å². The van der Waals surface area contributed by atoms with Gasteiger partial charge < -0.3 is 29.5 Å². The second kappa shape index (κ2) is 14.6. The Kier molecular flexibility index (Phi) is 10.9. The number of hydrogen-bond donors (Lipinski definition) is 2. The second-order valence-electron chi connectivity index (χ2n) is 9.36. The molecule has 0 spiro atoms. The van der Waals surface area contributed by atoms with Gasteiger partial charge in [0, 0.05) is 37.2 Å². The molecular formula is C26H30N4O11. The van der Waals surface area contributed by atoms with Crippen LogP contribution < -0.4 is 5.32 Å². The standard InChI is InChI=1S/C26H30N4O11/c1-17(31)41-24(13-27-25(33)39-15-18-2-6-20(7-3-18)29(35)36)11-10-22-12-23(32)14-28(22)26(34)40-16-19-4-8-21(9-5-19)30(37)38/h2-9,22-24,32H,10-16H2,1H3,(H,27,33)/t22-,23+,24?/m0/s1. The predicted octanol–water partition coefficient (Wildman–Crippen LogP) is 3.21. The molecule has 0 aliphatic carbocycles. The van der Waals surface area contributed by atoms with E-state index >= 15 is 0 Å². The molecule has 1 unspecified atom stereocenters. The summed E-state index contributed by atoms with van der Waals surface area (Å²) < 4.78 is 15.7. The molecular weight excluding hydrogens is 544 g/mol. The number of carbonyl (C=O) groups excluding carboxylic acids is 3. The summed E-state index contributed by atoms with van der Waals surface area (Å²) in [6.45, 7) is 0.964. The number of nitro benzene ring substituents is 2. The van der Waals surface area contributed by atoms with Gasteiger partial charge in [-0.3, -0.25) is 25.0 Å². The molecule has 0 radical (unpaired) electrons. The number of alkyl carbamates (subject to hydrolysis) is 1. The van der Waals surface area contributed by atoms with E-state index in [2.05, 4.69) is 5.32 Å². The molecule has 2 amide bonds. The number of esters is 1. The smallest absolute Gasteiger partial charge is 0.410 e. The number of ether oxygens (including phenoxy) is 3. The first-order valence-corrected chi connectivity index (χ1v) is 12.7. The van der Waals surface area contributed by atoms with Crippen LogP contribution in [-0.2, 0) is 32.2 Å². The number of aliphatic hydroxyl groups excluding tert-OH is 1. The van der Waals surface area contributed by atoms with Crippen LogP contribution in [-0.4, -0.2) is 69.3 Å². The minimum atomic E-state index is -0.784. The Morgan fingerprint density at radius 2 is 1.51 bits per heavy atom. The summed E-state index contributed by atoms with van der Waals surface area (Å²) in [7, 11) is 0. The van der Waals surface area contributed by atoms with Crippen molar-refractivity contribution in [3.8, 4) is 0 Å². The molecule has 41 heavy (non-hydrogen) atoms. The topological polar surface area (TPSA) is 201 Å². The summed E-state index contributed by atoms with van der Waals surface area (Å²) in [4.78, 5) is 58.3. The number of rotatable bonds is 12. The minimum Gasteiger partial charge on any atom is -0.461 e. The summed E-state index contributed by atoms with van der Waals surface area (Å²) in [5, 5.41) is 34.2. The summed E-state index contributed by atoms with van der Waals surface area (Å²) in [5.74, 6) is -0.568. The van der Waals surface area contributed by atoms with Gasteiger partial charge in [0.1, 0.15) is 19.3 Å². The number of β-amino-alcohol motifs (C(OH)–C–C–N with tert-alkyl or cyclic N) is 1. The highest BCUT2D eigenvalue weighted by Gasteiger charge is 2.35. The Labute approximate surface area is 234 Å². The van der Waals surface area contributed by atoms with E-state index in [0.29, 0.717) is 17.5 Å². The number of aliphatic hydroxyl groups is 1. The average molecular weight is 575 g/mol. The zero-order valence-electron chi connectivity index (χ0n) is 22.2. The van der Waals surface area contributed by atoms with Crippen LogP contribution in [0.15, 0.2) is 48.5 Å². The van der Waals surface area contributed by atoms with E-state index in [-0.39, 0.29) is 50.5 Å². The molecule has 220 valence electrons. The molecule has 1 fully saturated rings. The van der Waals surface area contributed by atoms with E-state index in [1.54, 1.807) is 0 Å². The molecule has 2 N–H and O–H groups in total. The molecule has 0 bridgehead atoms. The number of carbonyl (C=O) groups is 3. The van der Waals surface area contributed by atoms with E-state index in [4.69, 9.17) is 14.2 Å². The van der Waals surface area contributed by atoms with Gasteiger partial charge in [0.15, 0.2) is 0 Å². The van der Waals surface area contributed by atoms with Crippen molar-refractivity contribution in [2.75, 3.05) is 13.1 Å². The lowest BCUT2D eigenvalue weighted by Gasteiger charge is -2.25. The number of amides is 2. The van der Waals surface area contributed by atoms with Gasteiger partial charge in [-0.05, 0) is 54.7 Å². The molecule has 0 saturated carbocycles. The van der Waals surface area contributed by atoms with Crippen LogP contribution >= 0.6 is 0 Å². The van der Waals surface area contributed by atoms with Crippen molar-refractivity contribution in [3.05, 3.63) is 79.9 Å². The molecule has 1 aliphatic heterocycles. The van der Waals surface area contributed by atoms with Gasteiger partial charge in [0.05, 0.1) is 29.0 Å². The molecule has 1 saturated heterocycles. The van der Waals surface area contributed by atoms with Gasteiger partial charge in [0.25, 0.3) is 11.4 Å². The number of hydrogen-bond acceptors (Lipinski definition) is 11. The lowest BCUT2D eigenvalue weighted by molar-refractivity contribution is -0.385. The van der Waals surface area contributed by atoms with E-state index in [0.717, 1.165) is 0 Å². The van der Waals surface area contributed by atoms with Gasteiger partial charge in [-0.1, -0.05) is 0 Å². The third-order valence-electron chi connectivity index (χ3n) is 6.28. The Balaban J connectivity index is 1.48. The van der Waals surface area contributed by atoms with Crippen molar-refractivity contribution in [2.45, 2.75) is 57.6 Å². The van der Waals surface area contributed by atoms with Crippen molar-refractivity contribution in [1.29, 1.82) is 0 Å². The largest absolute Gasteiger partial charge is 0.461 e. The molecule has 0 aromatic heterocycles. The maximum absolute atomic E-state index is 12.7. The maximum Gasteiger partial charge on any atom is 0.410 e. The summed E-state index contributed by atoms with van der Waals surface area (Å²) in [5.41, 5.74) is 0.926. The van der Waals surface area contributed by atoms with Crippen LogP contribution in [0.1, 0.15) is 37.3 Å². The van der Waals surface area contributed by atoms with Crippen LogP contribution in [0.25, 0.3) is 0 Å². The van der Waals surface area contributed by atoms with Crippen molar-refractivity contribution >= 4 is 29.5 Å². The third-order valence-corrected chi connectivity index (χ3v) is 6.28. The van der Waals surface area contributed by atoms with Gasteiger partial charge in [-0.15, -0.1) is 0 Å². The quantitative estimate of drug-likeness (QED) is 0.163. The number of nitro groups is 2. The SMILES string of the molecule is CC(=O)OC(CC[C@H]1C[C@@H](O)CN1C(=O)OCc1ccc([N+](=O)[O-])cc1)CNC(=O)OCc1ccc([N+](=O)[O-])cc1. The van der Waals surface area contributed by atoms with Crippen molar-refractivity contribution in [1.82, 2.24) is 10.2 Å². The lowest BCUT2D eigenvalue weighted by atomic mass is 10.0. The molecule has 15 nitrogen and oxygen atoms in total. The lowest BCUT2D eigenvalue weighted by Crippen LogP contribution is -2.39. The van der Waals surface area contributed by atoms with E-state index in [1.165, 1.54) is 60.4 Å². The fourth-order valence-electron chi connectivity index (χ4n) is 4.26. The van der Waals surface area contributed by atoms with Crippen LogP contribution in [0.4, 0.5) is 21.0 Å². The Morgan fingerprint density at radius 1 is 0.976 bits per heavy atom. The monoisotopic (exact) mass is 574 g/mol. The van der Waals surface area contributed by atoms with Gasteiger partial charge in [0.2, 0.25) is 0 Å². The van der Waals surface area contributed by atoms with Crippen molar-refractivity contribution in [3.63, 3.8) is 0 Å². The average Bonchev–Trinajstić information content (AvgIpc) is 3.32. The highest BCUT2D eigenvalue weighted by Crippen LogP contribution is 2.24. The third kappa shape index (κ3) is 9.72. The van der Waals surface area contributed by atoms with Gasteiger partial charge in [-0.2, -0.15) is 0 Å². The van der Waals surface area contributed by atoms with Gasteiger partial charge in [-0.25, -0.2) is 9.59 Å². The van der Waals surface area contributed by atoms with E-state index < -0.39 is 46.3 Å². The fraction of sp³-hybridized carbons (Fsp3) is 0.423. The molecule has 2 aromatic rings. The molecule has 3 rings (SSSR count). The highest BCUT2D eigenvalue weighted by molar-refractivity contribution is 5.69.